The van der Waals surface area contributed by atoms with E-state index in [0.717, 1.165) is 31.7 Å². The van der Waals surface area contributed by atoms with Gasteiger partial charge in [-0.3, -0.25) is 0 Å². The van der Waals surface area contributed by atoms with E-state index in [0.29, 0.717) is 5.95 Å². The van der Waals surface area contributed by atoms with Crippen LogP contribution in [0.4, 0.5) is 11.8 Å². The Bertz CT molecular complexity index is 761. The lowest BCUT2D eigenvalue weighted by molar-refractivity contribution is 0.828. The lowest BCUT2D eigenvalue weighted by atomic mass is 10.1. The van der Waals surface area contributed by atoms with Crippen LogP contribution in [-0.2, 0) is 13.0 Å². The molecule has 0 atom stereocenters. The van der Waals surface area contributed by atoms with Gasteiger partial charge < -0.3 is 10.2 Å². The third-order valence-electron chi connectivity index (χ3n) is 3.97. The Morgan fingerprint density at radius 2 is 1.60 bits per heavy atom. The Balaban J connectivity index is 1.50. The van der Waals surface area contributed by atoms with E-state index in [2.05, 4.69) is 61.8 Å². The van der Waals surface area contributed by atoms with Gasteiger partial charge in [-0.2, -0.15) is 10.1 Å². The molecule has 0 aliphatic carbocycles. The lowest BCUT2D eigenvalue weighted by Crippen LogP contribution is -2.19. The van der Waals surface area contributed by atoms with Crippen LogP contribution >= 0.6 is 0 Å². The largest absolute Gasteiger partial charge is 0.354 e. The molecule has 5 heteroatoms. The third kappa shape index (κ3) is 5.28. The van der Waals surface area contributed by atoms with E-state index in [1.807, 2.05) is 31.3 Å². The quantitative estimate of drug-likeness (QED) is 0.639. The molecule has 0 aliphatic heterocycles. The monoisotopic (exact) mass is 333 g/mol. The van der Waals surface area contributed by atoms with Crippen molar-refractivity contribution in [2.75, 3.05) is 23.8 Å². The first kappa shape index (κ1) is 16.9. The summed E-state index contributed by atoms with van der Waals surface area (Å²) in [7, 11) is 2.01. The molecule has 0 unspecified atom stereocenters. The van der Waals surface area contributed by atoms with Crippen molar-refractivity contribution in [1.29, 1.82) is 0 Å². The SMILES string of the molecule is CN(Cc1ccccc1)c1cnnc(NCCCc2ccccc2)n1. The number of nitrogens with one attached hydrogen (secondary N) is 1. The van der Waals surface area contributed by atoms with Crippen LogP contribution < -0.4 is 10.2 Å². The smallest absolute Gasteiger partial charge is 0.244 e. The maximum atomic E-state index is 4.55. The Morgan fingerprint density at radius 1 is 0.920 bits per heavy atom. The second kappa shape index (κ2) is 8.78. The number of aromatic nitrogens is 3. The number of aryl methyl sites for hydroxylation is 1. The molecule has 0 bridgehead atoms. The van der Waals surface area contributed by atoms with Gasteiger partial charge in [-0.05, 0) is 24.0 Å². The van der Waals surface area contributed by atoms with Crippen molar-refractivity contribution in [3.8, 4) is 0 Å². The second-order valence-corrected chi connectivity index (χ2v) is 6.00. The summed E-state index contributed by atoms with van der Waals surface area (Å²) >= 11 is 0. The zero-order chi connectivity index (χ0) is 17.3. The van der Waals surface area contributed by atoms with Gasteiger partial charge in [0.1, 0.15) is 0 Å². The molecular weight excluding hydrogens is 310 g/mol. The maximum Gasteiger partial charge on any atom is 0.244 e. The molecule has 0 fully saturated rings. The molecule has 1 N–H and O–H groups in total. The van der Waals surface area contributed by atoms with Crippen LogP contribution in [0.3, 0.4) is 0 Å². The summed E-state index contributed by atoms with van der Waals surface area (Å²) in [6, 6.07) is 20.8. The molecule has 5 nitrogen and oxygen atoms in total. The average molecular weight is 333 g/mol. The van der Waals surface area contributed by atoms with E-state index < -0.39 is 0 Å². The topological polar surface area (TPSA) is 53.9 Å². The summed E-state index contributed by atoms with van der Waals surface area (Å²) in [5.74, 6) is 1.38. The van der Waals surface area contributed by atoms with Crippen molar-refractivity contribution in [2.45, 2.75) is 19.4 Å². The van der Waals surface area contributed by atoms with Crippen molar-refractivity contribution >= 4 is 11.8 Å². The lowest BCUT2D eigenvalue weighted by Gasteiger charge is -2.18. The van der Waals surface area contributed by atoms with Crippen LogP contribution in [0.15, 0.2) is 66.9 Å². The number of nitrogens with zero attached hydrogens (tertiary/aromatic N) is 4. The van der Waals surface area contributed by atoms with Crippen LogP contribution in [0.1, 0.15) is 17.5 Å². The van der Waals surface area contributed by atoms with Crippen LogP contribution in [0, 0.1) is 0 Å². The zero-order valence-electron chi connectivity index (χ0n) is 14.5. The Hall–Kier alpha value is -2.95. The van der Waals surface area contributed by atoms with Gasteiger partial charge in [0.25, 0.3) is 0 Å². The summed E-state index contributed by atoms with van der Waals surface area (Å²) in [6.07, 6.45) is 3.75. The van der Waals surface area contributed by atoms with Gasteiger partial charge in [0.15, 0.2) is 5.82 Å². The van der Waals surface area contributed by atoms with Crippen molar-refractivity contribution in [3.05, 3.63) is 78.0 Å². The Labute approximate surface area is 148 Å². The van der Waals surface area contributed by atoms with Crippen molar-refractivity contribution < 1.29 is 0 Å². The first-order valence-electron chi connectivity index (χ1n) is 8.54. The molecular formula is C20H23N5. The summed E-state index contributed by atoms with van der Waals surface area (Å²) in [5.41, 5.74) is 2.58. The minimum atomic E-state index is 0.575. The molecule has 1 heterocycles. The second-order valence-electron chi connectivity index (χ2n) is 6.00. The van der Waals surface area contributed by atoms with E-state index in [1.54, 1.807) is 6.20 Å². The van der Waals surface area contributed by atoms with Gasteiger partial charge in [0.2, 0.25) is 5.95 Å². The highest BCUT2D eigenvalue weighted by molar-refractivity contribution is 5.40. The summed E-state index contributed by atoms with van der Waals surface area (Å²) in [4.78, 5) is 6.62. The zero-order valence-corrected chi connectivity index (χ0v) is 14.5. The molecule has 0 amide bonds. The maximum absolute atomic E-state index is 4.55. The minimum Gasteiger partial charge on any atom is -0.354 e. The molecule has 0 radical (unpaired) electrons. The van der Waals surface area contributed by atoms with Gasteiger partial charge in [-0.25, -0.2) is 0 Å². The third-order valence-corrected chi connectivity index (χ3v) is 3.97. The molecule has 1 aromatic heterocycles. The number of anilines is 2. The fraction of sp³-hybridized carbons (Fsp3) is 0.250. The standard InChI is InChI=1S/C20H23N5/c1-25(16-18-11-6-3-7-12-18)19-15-22-24-20(23-19)21-14-8-13-17-9-4-2-5-10-17/h2-7,9-12,15H,8,13-14,16H2,1H3,(H,21,23,24). The fourth-order valence-electron chi connectivity index (χ4n) is 2.63. The van der Waals surface area contributed by atoms with Gasteiger partial charge >= 0.3 is 0 Å². The number of hydrogen-bond acceptors (Lipinski definition) is 5. The van der Waals surface area contributed by atoms with E-state index in [4.69, 9.17) is 0 Å². The van der Waals surface area contributed by atoms with E-state index in [1.165, 1.54) is 11.1 Å². The molecule has 0 saturated heterocycles. The highest BCUT2D eigenvalue weighted by Crippen LogP contribution is 2.12. The summed E-state index contributed by atoms with van der Waals surface area (Å²) < 4.78 is 0. The Morgan fingerprint density at radius 3 is 2.32 bits per heavy atom. The van der Waals surface area contributed by atoms with Crippen molar-refractivity contribution in [3.63, 3.8) is 0 Å². The normalized spacial score (nSPS) is 10.4. The molecule has 2 aromatic carbocycles. The van der Waals surface area contributed by atoms with Gasteiger partial charge in [-0.15, -0.1) is 5.10 Å². The van der Waals surface area contributed by atoms with Crippen LogP contribution in [0.5, 0.6) is 0 Å². The molecule has 0 aliphatic rings. The summed E-state index contributed by atoms with van der Waals surface area (Å²) in [6.45, 7) is 1.61. The molecule has 0 spiro atoms. The molecule has 3 aromatic rings. The molecule has 25 heavy (non-hydrogen) atoms. The molecule has 128 valence electrons. The average Bonchev–Trinajstić information content (AvgIpc) is 2.67. The highest BCUT2D eigenvalue weighted by Gasteiger charge is 2.06. The Kier molecular flexibility index (Phi) is 5.93. The number of benzene rings is 2. The number of rotatable bonds is 8. The first-order chi connectivity index (χ1) is 12.3. The highest BCUT2D eigenvalue weighted by atomic mass is 15.3. The van der Waals surface area contributed by atoms with Gasteiger partial charge in [-0.1, -0.05) is 60.7 Å². The van der Waals surface area contributed by atoms with Crippen LogP contribution in [0.25, 0.3) is 0 Å². The van der Waals surface area contributed by atoms with Crippen molar-refractivity contribution in [1.82, 2.24) is 15.2 Å². The predicted octanol–water partition coefficient (Wildman–Crippen LogP) is 3.55. The first-order valence-corrected chi connectivity index (χ1v) is 8.54. The number of hydrogen-bond donors (Lipinski definition) is 1. The van der Waals surface area contributed by atoms with E-state index in [-0.39, 0.29) is 0 Å². The van der Waals surface area contributed by atoms with Gasteiger partial charge in [0.05, 0.1) is 6.20 Å². The van der Waals surface area contributed by atoms with Crippen LogP contribution in [-0.4, -0.2) is 28.8 Å². The predicted molar refractivity (Wildman–Crippen MR) is 102 cm³/mol. The summed E-state index contributed by atoms with van der Waals surface area (Å²) in [5, 5.41) is 11.4. The molecule has 0 saturated carbocycles. The van der Waals surface area contributed by atoms with E-state index >= 15 is 0 Å². The fourth-order valence-corrected chi connectivity index (χ4v) is 2.63. The minimum absolute atomic E-state index is 0.575. The molecule has 3 rings (SSSR count). The van der Waals surface area contributed by atoms with Crippen molar-refractivity contribution in [2.24, 2.45) is 0 Å². The van der Waals surface area contributed by atoms with E-state index in [9.17, 15) is 0 Å². The van der Waals surface area contributed by atoms with Gasteiger partial charge in [0, 0.05) is 20.1 Å². The van der Waals surface area contributed by atoms with Crippen LogP contribution in [0.2, 0.25) is 0 Å².